The monoisotopic (exact) mass is 358 g/mol. The Bertz CT molecular complexity index is 1420. The number of aromatic nitrogens is 2. The van der Waals surface area contributed by atoms with Crippen LogP contribution in [0.5, 0.6) is 0 Å². The molecule has 0 fully saturated rings. The first-order chi connectivity index (χ1) is 13.9. The summed E-state index contributed by atoms with van der Waals surface area (Å²) in [7, 11) is 1.92. The highest BCUT2D eigenvalue weighted by Crippen LogP contribution is 2.41. The minimum atomic E-state index is -2.22. The zero-order chi connectivity index (χ0) is 20.3. The van der Waals surface area contributed by atoms with E-state index in [1.807, 2.05) is 48.1 Å². The molecule has 126 valence electrons. The molecule has 0 spiro atoms. The molecule has 0 aliphatic heterocycles. The predicted octanol–water partition coefficient (Wildman–Crippen LogP) is 5.71. The van der Waals surface area contributed by atoms with Gasteiger partial charge in [0.05, 0.1) is 15.8 Å². The van der Waals surface area contributed by atoms with Crippen LogP contribution in [0.4, 0.5) is 0 Å². The average molecular weight is 359 g/mol. The topological polar surface area (TPSA) is 16.8 Å². The third kappa shape index (κ3) is 2.10. The summed E-state index contributed by atoms with van der Waals surface area (Å²) in [6, 6.07) is 16.3. The van der Waals surface area contributed by atoms with Crippen LogP contribution < -0.4 is 4.57 Å². The molecule has 3 heteroatoms. The van der Waals surface area contributed by atoms with Gasteiger partial charge in [-0.05, 0) is 25.4 Å². The molecule has 0 saturated heterocycles. The van der Waals surface area contributed by atoms with Gasteiger partial charge in [0.2, 0.25) is 5.69 Å². The Labute approximate surface area is 160 Å². The number of rotatable bonds is 1. The second kappa shape index (κ2) is 5.61. The third-order valence-corrected chi connectivity index (χ3v) is 6.20. The molecule has 3 aromatic heterocycles. The largest absolute Gasteiger partial charge is 0.254 e. The molecule has 0 amide bonds. The van der Waals surface area contributed by atoms with E-state index in [1.54, 1.807) is 17.5 Å². The van der Waals surface area contributed by atoms with Crippen LogP contribution in [0.1, 0.15) is 15.2 Å². The van der Waals surface area contributed by atoms with E-state index in [0.29, 0.717) is 5.56 Å². The summed E-state index contributed by atoms with van der Waals surface area (Å²) >= 11 is 1.63. The van der Waals surface area contributed by atoms with E-state index in [2.05, 4.69) is 25.1 Å². The summed E-state index contributed by atoms with van der Waals surface area (Å²) < 4.78 is 28.4. The Morgan fingerprint density at radius 3 is 2.65 bits per heavy atom. The van der Waals surface area contributed by atoms with Crippen molar-refractivity contribution in [1.29, 1.82) is 0 Å². The van der Waals surface area contributed by atoms with Crippen LogP contribution in [0.2, 0.25) is 0 Å². The molecule has 0 atom stereocenters. The lowest BCUT2D eigenvalue weighted by Gasteiger charge is -2.06. The maximum atomic E-state index is 8.14. The van der Waals surface area contributed by atoms with Crippen molar-refractivity contribution in [3.05, 3.63) is 72.1 Å². The van der Waals surface area contributed by atoms with E-state index in [1.165, 1.54) is 0 Å². The number of hydrogen-bond donors (Lipinski definition) is 0. The van der Waals surface area contributed by atoms with Crippen LogP contribution in [-0.2, 0) is 7.05 Å². The maximum Gasteiger partial charge on any atom is 0.230 e. The minimum absolute atomic E-state index is 0.348. The standard InChI is InChI=1S/C23H19N2S/c1-14-8-4-6-10-17(14)21-23-19(15(2)13-25(21)3)20-22(26-23)18-11-7-5-9-16(18)12-24-20/h4-13H,1-3H3/q+1/i2D3. The van der Waals surface area contributed by atoms with Crippen molar-refractivity contribution in [2.75, 3.05) is 0 Å². The van der Waals surface area contributed by atoms with Gasteiger partial charge in [0.1, 0.15) is 11.7 Å². The van der Waals surface area contributed by atoms with Gasteiger partial charge in [-0.2, -0.15) is 4.57 Å². The van der Waals surface area contributed by atoms with Gasteiger partial charge < -0.3 is 0 Å². The van der Waals surface area contributed by atoms with Crippen molar-refractivity contribution in [2.24, 2.45) is 7.05 Å². The van der Waals surface area contributed by atoms with Gasteiger partial charge in [0, 0.05) is 32.0 Å². The fraction of sp³-hybridized carbons (Fsp3) is 0.130. The van der Waals surface area contributed by atoms with E-state index < -0.39 is 6.85 Å². The quantitative estimate of drug-likeness (QED) is 0.351. The van der Waals surface area contributed by atoms with Gasteiger partial charge in [-0.25, -0.2) is 0 Å². The van der Waals surface area contributed by atoms with Crippen molar-refractivity contribution in [3.63, 3.8) is 0 Å². The highest BCUT2D eigenvalue weighted by molar-refractivity contribution is 7.27. The molecule has 2 nitrogen and oxygen atoms in total. The van der Waals surface area contributed by atoms with Crippen LogP contribution in [-0.4, -0.2) is 4.98 Å². The Kier molecular flexibility index (Phi) is 2.71. The molecule has 0 unspecified atom stereocenters. The van der Waals surface area contributed by atoms with Gasteiger partial charge in [0.15, 0.2) is 6.20 Å². The highest BCUT2D eigenvalue weighted by Gasteiger charge is 2.23. The summed E-state index contributed by atoms with van der Waals surface area (Å²) in [5.74, 6) is 0. The Hall–Kier alpha value is -2.78. The number of hydrogen-bond acceptors (Lipinski definition) is 2. The van der Waals surface area contributed by atoms with Crippen molar-refractivity contribution in [3.8, 4) is 11.3 Å². The molecular weight excluding hydrogens is 336 g/mol. The Morgan fingerprint density at radius 1 is 1.00 bits per heavy atom. The van der Waals surface area contributed by atoms with Gasteiger partial charge in [-0.1, -0.05) is 42.5 Å². The molecule has 5 rings (SSSR count). The molecular formula is C23H19N2S+. The van der Waals surface area contributed by atoms with Gasteiger partial charge in [-0.3, -0.25) is 4.98 Å². The van der Waals surface area contributed by atoms with E-state index in [4.69, 9.17) is 9.10 Å². The predicted molar refractivity (Wildman–Crippen MR) is 111 cm³/mol. The second-order valence-electron chi connectivity index (χ2n) is 6.65. The number of thiophene rings is 1. The first-order valence-electron chi connectivity index (χ1n) is 10.1. The summed E-state index contributed by atoms with van der Waals surface area (Å²) in [6.07, 6.45) is 3.59. The molecule has 26 heavy (non-hydrogen) atoms. The highest BCUT2D eigenvalue weighted by atomic mass is 32.1. The van der Waals surface area contributed by atoms with E-state index in [-0.39, 0.29) is 0 Å². The maximum absolute atomic E-state index is 8.14. The summed E-state index contributed by atoms with van der Waals surface area (Å²) in [4.78, 5) is 4.71. The Balaban J connectivity index is 2.04. The molecule has 0 N–H and O–H groups in total. The smallest absolute Gasteiger partial charge is 0.230 e. The number of nitrogens with zero attached hydrogens (tertiary/aromatic N) is 2. The zero-order valence-corrected chi connectivity index (χ0v) is 15.4. The van der Waals surface area contributed by atoms with E-state index >= 15 is 0 Å². The lowest BCUT2D eigenvalue weighted by Crippen LogP contribution is -2.31. The molecule has 0 saturated carbocycles. The number of benzene rings is 2. The van der Waals surface area contributed by atoms with Crippen molar-refractivity contribution >= 4 is 42.4 Å². The molecule has 3 heterocycles. The van der Waals surface area contributed by atoms with Gasteiger partial charge in [-0.15, -0.1) is 11.3 Å². The van der Waals surface area contributed by atoms with E-state index in [0.717, 1.165) is 47.9 Å². The molecule has 0 aliphatic carbocycles. The SMILES string of the molecule is [2H]C([2H])([2H])c1c[n+](C)c(-c2ccccc2C)c2sc3c4ccccc4cnc3c12. The van der Waals surface area contributed by atoms with E-state index in [9.17, 15) is 0 Å². The van der Waals surface area contributed by atoms with Crippen LogP contribution in [0.25, 0.3) is 42.3 Å². The second-order valence-corrected chi connectivity index (χ2v) is 7.67. The molecule has 0 bridgehead atoms. The van der Waals surface area contributed by atoms with Crippen LogP contribution >= 0.6 is 11.3 Å². The summed E-state index contributed by atoms with van der Waals surface area (Å²) in [5.41, 5.74) is 4.40. The molecule has 5 aromatic rings. The van der Waals surface area contributed by atoms with Crippen molar-refractivity contribution in [2.45, 2.75) is 13.8 Å². The number of fused-ring (bicyclic) bond motifs is 5. The zero-order valence-electron chi connectivity index (χ0n) is 17.6. The van der Waals surface area contributed by atoms with Gasteiger partial charge in [0.25, 0.3) is 0 Å². The summed E-state index contributed by atoms with van der Waals surface area (Å²) in [5, 5.41) is 2.91. The average Bonchev–Trinajstić information content (AvgIpc) is 3.07. The number of aryl methyl sites for hydroxylation is 3. The molecule has 2 aromatic carbocycles. The normalized spacial score (nSPS) is 13.8. The summed E-state index contributed by atoms with van der Waals surface area (Å²) in [6.45, 7) is -0.137. The first kappa shape index (κ1) is 12.6. The van der Waals surface area contributed by atoms with Crippen LogP contribution in [0.15, 0.2) is 60.9 Å². The Morgan fingerprint density at radius 2 is 1.81 bits per heavy atom. The fourth-order valence-corrected chi connectivity index (χ4v) is 5.14. The van der Waals surface area contributed by atoms with Crippen LogP contribution in [0.3, 0.4) is 0 Å². The lowest BCUT2D eigenvalue weighted by molar-refractivity contribution is -0.659. The van der Waals surface area contributed by atoms with Crippen molar-refractivity contribution in [1.82, 2.24) is 4.98 Å². The third-order valence-electron chi connectivity index (χ3n) is 4.98. The molecule has 0 radical (unpaired) electrons. The lowest BCUT2D eigenvalue weighted by atomic mass is 10.0. The minimum Gasteiger partial charge on any atom is -0.254 e. The number of pyridine rings is 2. The fourth-order valence-electron chi connectivity index (χ4n) is 3.73. The van der Waals surface area contributed by atoms with Crippen LogP contribution in [0, 0.1) is 13.8 Å². The molecule has 0 aliphatic rings. The van der Waals surface area contributed by atoms with Crippen molar-refractivity contribution < 1.29 is 8.68 Å². The first-order valence-corrected chi connectivity index (χ1v) is 9.37. The van der Waals surface area contributed by atoms with Gasteiger partial charge >= 0.3 is 0 Å².